The lowest BCUT2D eigenvalue weighted by Crippen LogP contribution is -2.15. The Morgan fingerprint density at radius 2 is 1.93 bits per heavy atom. The second kappa shape index (κ2) is 7.32. The van der Waals surface area contributed by atoms with E-state index in [-0.39, 0.29) is 0 Å². The third-order valence-corrected chi connectivity index (χ3v) is 2.87. The van der Waals surface area contributed by atoms with Gasteiger partial charge in [0.25, 0.3) is 0 Å². The van der Waals surface area contributed by atoms with E-state index in [0.29, 0.717) is 5.92 Å². The van der Waals surface area contributed by atoms with Crippen LogP contribution >= 0.6 is 0 Å². The molecule has 1 rings (SSSR count). The molecule has 0 aromatic carbocycles. The first-order chi connectivity index (χ1) is 7.38. The van der Waals surface area contributed by atoms with E-state index >= 15 is 0 Å². The highest BCUT2D eigenvalue weighted by molar-refractivity contribution is 6.31. The van der Waals surface area contributed by atoms with Gasteiger partial charge in [0.1, 0.15) is 0 Å². The Balaban J connectivity index is 2.64. The SMILES string of the molecule is C=N/N=C(\C=N/CC)C1CCCCCC1. The highest BCUT2D eigenvalue weighted by atomic mass is 15.2. The molecule has 0 aromatic heterocycles. The quantitative estimate of drug-likeness (QED) is 0.386. The molecular weight excluding hydrogens is 186 g/mol. The van der Waals surface area contributed by atoms with E-state index < -0.39 is 0 Å². The molecule has 0 unspecified atom stereocenters. The second-order valence-electron chi connectivity index (χ2n) is 3.98. The van der Waals surface area contributed by atoms with Gasteiger partial charge in [0.05, 0.1) is 5.71 Å². The third kappa shape index (κ3) is 4.36. The predicted molar refractivity (Wildman–Crippen MR) is 67.2 cm³/mol. The van der Waals surface area contributed by atoms with Crippen LogP contribution in [0.25, 0.3) is 0 Å². The van der Waals surface area contributed by atoms with Crippen LogP contribution in [0, 0.1) is 5.92 Å². The third-order valence-electron chi connectivity index (χ3n) is 2.87. The fourth-order valence-electron chi connectivity index (χ4n) is 2.05. The van der Waals surface area contributed by atoms with Gasteiger partial charge in [0.2, 0.25) is 0 Å². The maximum absolute atomic E-state index is 4.25. The van der Waals surface area contributed by atoms with Crippen LogP contribution in [0.2, 0.25) is 0 Å². The van der Waals surface area contributed by atoms with Crippen molar-refractivity contribution in [3.63, 3.8) is 0 Å². The summed E-state index contributed by atoms with van der Waals surface area (Å²) in [6.07, 6.45) is 9.66. The molecule has 3 heteroatoms. The summed E-state index contributed by atoms with van der Waals surface area (Å²) in [6, 6.07) is 0. The zero-order chi connectivity index (χ0) is 10.9. The molecule has 0 spiro atoms. The number of aliphatic imine (C=N–C) groups is 1. The van der Waals surface area contributed by atoms with Crippen LogP contribution < -0.4 is 0 Å². The van der Waals surface area contributed by atoms with Crippen LogP contribution in [0.1, 0.15) is 45.4 Å². The van der Waals surface area contributed by atoms with Gasteiger partial charge in [-0.2, -0.15) is 10.2 Å². The molecule has 0 N–H and O–H groups in total. The summed E-state index contributed by atoms with van der Waals surface area (Å²) in [5, 5.41) is 7.75. The monoisotopic (exact) mass is 207 g/mol. The minimum atomic E-state index is 0.549. The molecule has 0 saturated heterocycles. The van der Waals surface area contributed by atoms with E-state index in [1.54, 1.807) is 0 Å². The molecule has 1 aliphatic rings. The highest BCUT2D eigenvalue weighted by Gasteiger charge is 2.16. The van der Waals surface area contributed by atoms with Gasteiger partial charge in [-0.05, 0) is 19.8 Å². The van der Waals surface area contributed by atoms with Crippen molar-refractivity contribution < 1.29 is 0 Å². The molecule has 0 amide bonds. The number of nitrogens with zero attached hydrogens (tertiary/aromatic N) is 3. The molecule has 1 aliphatic carbocycles. The Bertz CT molecular complexity index is 235. The molecule has 15 heavy (non-hydrogen) atoms. The lowest BCUT2D eigenvalue weighted by atomic mass is 9.95. The van der Waals surface area contributed by atoms with Crippen LogP contribution in [-0.4, -0.2) is 25.2 Å². The summed E-state index contributed by atoms with van der Waals surface area (Å²) >= 11 is 0. The normalized spacial score (nSPS) is 20.5. The van der Waals surface area contributed by atoms with Crippen LogP contribution in [-0.2, 0) is 0 Å². The van der Waals surface area contributed by atoms with E-state index in [1.165, 1.54) is 38.5 Å². The first-order valence-electron chi connectivity index (χ1n) is 5.92. The molecule has 0 radical (unpaired) electrons. The van der Waals surface area contributed by atoms with Crippen molar-refractivity contribution in [1.82, 2.24) is 0 Å². The summed E-state index contributed by atoms with van der Waals surface area (Å²) < 4.78 is 0. The van der Waals surface area contributed by atoms with E-state index in [2.05, 4.69) is 21.9 Å². The van der Waals surface area contributed by atoms with Gasteiger partial charge in [-0.1, -0.05) is 25.7 Å². The van der Waals surface area contributed by atoms with Gasteiger partial charge in [0, 0.05) is 25.4 Å². The first kappa shape index (κ1) is 12.1. The Morgan fingerprint density at radius 3 is 2.47 bits per heavy atom. The smallest absolute Gasteiger partial charge is 0.0838 e. The van der Waals surface area contributed by atoms with Crippen LogP contribution in [0.15, 0.2) is 15.2 Å². The van der Waals surface area contributed by atoms with Gasteiger partial charge in [-0.25, -0.2) is 0 Å². The van der Waals surface area contributed by atoms with Crippen molar-refractivity contribution >= 4 is 18.6 Å². The standard InChI is InChI=1S/C12H21N3/c1-3-14-10-12(15-13-2)11-8-6-4-5-7-9-11/h10-11H,2-9H2,1H3/b14-10-,15-12+. The van der Waals surface area contributed by atoms with Gasteiger partial charge >= 0.3 is 0 Å². The molecule has 0 atom stereocenters. The minimum absolute atomic E-state index is 0.549. The Hall–Kier alpha value is -0.990. The molecule has 1 saturated carbocycles. The molecule has 0 heterocycles. The predicted octanol–water partition coefficient (Wildman–Crippen LogP) is 3.10. The van der Waals surface area contributed by atoms with Gasteiger partial charge in [-0.3, -0.25) is 4.99 Å². The van der Waals surface area contributed by atoms with Gasteiger partial charge in [0.15, 0.2) is 0 Å². The first-order valence-corrected chi connectivity index (χ1v) is 5.92. The Kier molecular flexibility index (Phi) is 5.90. The summed E-state index contributed by atoms with van der Waals surface area (Å²) in [6.45, 7) is 6.27. The van der Waals surface area contributed by atoms with Crippen molar-refractivity contribution in [3.8, 4) is 0 Å². The van der Waals surface area contributed by atoms with Crippen molar-refractivity contribution in [1.29, 1.82) is 0 Å². The molecule has 0 bridgehead atoms. The summed E-state index contributed by atoms with van der Waals surface area (Å²) in [4.78, 5) is 4.25. The summed E-state index contributed by atoms with van der Waals surface area (Å²) in [5.74, 6) is 0.549. The lowest BCUT2D eigenvalue weighted by molar-refractivity contribution is 0.595. The van der Waals surface area contributed by atoms with Gasteiger partial charge < -0.3 is 0 Å². The van der Waals surface area contributed by atoms with E-state index in [9.17, 15) is 0 Å². The molecular formula is C12H21N3. The average Bonchev–Trinajstić information content (AvgIpc) is 2.52. The zero-order valence-corrected chi connectivity index (χ0v) is 9.65. The highest BCUT2D eigenvalue weighted by Crippen LogP contribution is 2.23. The van der Waals surface area contributed by atoms with Crippen LogP contribution in [0.5, 0.6) is 0 Å². The molecule has 0 aromatic rings. The van der Waals surface area contributed by atoms with E-state index in [1.807, 2.05) is 13.1 Å². The van der Waals surface area contributed by atoms with Crippen LogP contribution in [0.4, 0.5) is 0 Å². The number of hydrogen-bond donors (Lipinski definition) is 0. The van der Waals surface area contributed by atoms with Crippen molar-refractivity contribution in [2.75, 3.05) is 6.54 Å². The van der Waals surface area contributed by atoms with Crippen LogP contribution in [0.3, 0.4) is 0 Å². The van der Waals surface area contributed by atoms with Crippen molar-refractivity contribution in [3.05, 3.63) is 0 Å². The van der Waals surface area contributed by atoms with Crippen molar-refractivity contribution in [2.45, 2.75) is 45.4 Å². The summed E-state index contributed by atoms with van der Waals surface area (Å²) in [5.41, 5.74) is 1.02. The fourth-order valence-corrected chi connectivity index (χ4v) is 2.05. The molecule has 3 nitrogen and oxygen atoms in total. The number of rotatable bonds is 4. The largest absolute Gasteiger partial charge is 0.291 e. The maximum Gasteiger partial charge on any atom is 0.0838 e. The Labute approximate surface area is 92.4 Å². The molecule has 84 valence electrons. The van der Waals surface area contributed by atoms with Crippen molar-refractivity contribution in [2.24, 2.45) is 21.1 Å². The van der Waals surface area contributed by atoms with Gasteiger partial charge in [-0.15, -0.1) is 0 Å². The zero-order valence-electron chi connectivity index (χ0n) is 9.65. The average molecular weight is 207 g/mol. The topological polar surface area (TPSA) is 37.1 Å². The fraction of sp³-hybridized carbons (Fsp3) is 0.750. The maximum atomic E-state index is 4.25. The Morgan fingerprint density at radius 1 is 1.27 bits per heavy atom. The number of hydrogen-bond acceptors (Lipinski definition) is 3. The van der Waals surface area contributed by atoms with E-state index in [0.717, 1.165) is 12.3 Å². The molecule has 1 fully saturated rings. The lowest BCUT2D eigenvalue weighted by Gasteiger charge is -2.12. The van der Waals surface area contributed by atoms with E-state index in [4.69, 9.17) is 0 Å². The second-order valence-corrected chi connectivity index (χ2v) is 3.98. The molecule has 0 aliphatic heterocycles. The minimum Gasteiger partial charge on any atom is -0.291 e. The summed E-state index contributed by atoms with van der Waals surface area (Å²) in [7, 11) is 0.